The summed E-state index contributed by atoms with van der Waals surface area (Å²) in [5, 5.41) is 1.93. The zero-order valence-electron chi connectivity index (χ0n) is 14.6. The largest absolute Gasteiger partial charge is 0.444 e. The fourth-order valence-electron chi connectivity index (χ4n) is 2.68. The van der Waals surface area contributed by atoms with Gasteiger partial charge in [-0.3, -0.25) is 4.79 Å². The Kier molecular flexibility index (Phi) is 5.34. The van der Waals surface area contributed by atoms with E-state index in [0.29, 0.717) is 13.1 Å². The molecule has 1 aromatic heterocycles. The Morgan fingerprint density at radius 2 is 2.09 bits per heavy atom. The highest BCUT2D eigenvalue weighted by molar-refractivity contribution is 7.12. The highest BCUT2D eigenvalue weighted by Gasteiger charge is 2.31. The highest BCUT2D eigenvalue weighted by atomic mass is 32.1. The Bertz CT molecular complexity index is 577. The Morgan fingerprint density at radius 1 is 1.39 bits per heavy atom. The summed E-state index contributed by atoms with van der Waals surface area (Å²) in [7, 11) is 1.82. The molecule has 0 radical (unpaired) electrons. The summed E-state index contributed by atoms with van der Waals surface area (Å²) in [4.78, 5) is 29.1. The van der Waals surface area contributed by atoms with Gasteiger partial charge >= 0.3 is 6.09 Å². The number of rotatable bonds is 2. The molecule has 5 nitrogen and oxygen atoms in total. The molecule has 1 aliphatic rings. The smallest absolute Gasteiger partial charge is 0.410 e. The average Bonchev–Trinajstić information content (AvgIpc) is 2.90. The van der Waals surface area contributed by atoms with Crippen molar-refractivity contribution < 1.29 is 14.3 Å². The standard InChI is InChI=1S/C17H26N2O3S/c1-12-8-10-23-14(12)15(20)18(5)13-7-6-9-19(11-13)16(21)22-17(2,3)4/h8,10,13H,6-7,9,11H2,1-5H3/t13-/m0/s1. The van der Waals surface area contributed by atoms with Gasteiger partial charge in [0.05, 0.1) is 4.88 Å². The van der Waals surface area contributed by atoms with Gasteiger partial charge in [0.1, 0.15) is 5.60 Å². The first-order valence-corrected chi connectivity index (χ1v) is 8.86. The van der Waals surface area contributed by atoms with E-state index in [1.807, 2.05) is 46.2 Å². The molecule has 1 fully saturated rings. The van der Waals surface area contributed by atoms with Crippen molar-refractivity contribution in [2.45, 2.75) is 52.2 Å². The molecule has 1 aliphatic heterocycles. The number of thiophene rings is 1. The summed E-state index contributed by atoms with van der Waals surface area (Å²) < 4.78 is 5.44. The van der Waals surface area contributed by atoms with Gasteiger partial charge in [-0.05, 0) is 57.5 Å². The van der Waals surface area contributed by atoms with Crippen LogP contribution in [0.25, 0.3) is 0 Å². The fraction of sp³-hybridized carbons (Fsp3) is 0.647. The third-order valence-electron chi connectivity index (χ3n) is 3.97. The van der Waals surface area contributed by atoms with Crippen LogP contribution in [0.2, 0.25) is 0 Å². The zero-order valence-corrected chi connectivity index (χ0v) is 15.4. The molecular formula is C17H26N2O3S. The molecule has 2 amide bonds. The van der Waals surface area contributed by atoms with Gasteiger partial charge in [0, 0.05) is 26.2 Å². The van der Waals surface area contributed by atoms with Crippen LogP contribution in [0.1, 0.15) is 48.8 Å². The number of hydrogen-bond acceptors (Lipinski definition) is 4. The zero-order chi connectivity index (χ0) is 17.2. The second-order valence-electron chi connectivity index (χ2n) is 7.07. The molecule has 2 rings (SSSR count). The lowest BCUT2D eigenvalue weighted by Crippen LogP contribution is -2.51. The number of nitrogens with zero attached hydrogens (tertiary/aromatic N) is 2. The molecule has 0 N–H and O–H groups in total. The minimum absolute atomic E-state index is 0.0327. The van der Waals surface area contributed by atoms with Crippen molar-refractivity contribution in [3.8, 4) is 0 Å². The third-order valence-corrected chi connectivity index (χ3v) is 4.98. The molecule has 6 heteroatoms. The third kappa shape index (κ3) is 4.47. The Morgan fingerprint density at radius 3 is 2.65 bits per heavy atom. The van der Waals surface area contributed by atoms with Gasteiger partial charge in [-0.1, -0.05) is 0 Å². The number of ether oxygens (including phenoxy) is 1. The molecule has 0 saturated carbocycles. The van der Waals surface area contributed by atoms with E-state index in [-0.39, 0.29) is 18.0 Å². The average molecular weight is 338 g/mol. The minimum Gasteiger partial charge on any atom is -0.444 e. The molecule has 0 aliphatic carbocycles. The van der Waals surface area contributed by atoms with E-state index in [4.69, 9.17) is 4.74 Å². The summed E-state index contributed by atoms with van der Waals surface area (Å²) in [6.45, 7) is 8.75. The second kappa shape index (κ2) is 6.91. The van der Waals surface area contributed by atoms with E-state index in [0.717, 1.165) is 23.3 Å². The molecule has 2 heterocycles. The van der Waals surface area contributed by atoms with Crippen LogP contribution in [-0.4, -0.2) is 53.6 Å². The van der Waals surface area contributed by atoms with Crippen LogP contribution in [0.3, 0.4) is 0 Å². The molecule has 0 aromatic carbocycles. The maximum Gasteiger partial charge on any atom is 0.410 e. The van der Waals surface area contributed by atoms with Gasteiger partial charge in [-0.2, -0.15) is 0 Å². The van der Waals surface area contributed by atoms with E-state index < -0.39 is 5.60 Å². The number of hydrogen-bond donors (Lipinski definition) is 0. The summed E-state index contributed by atoms with van der Waals surface area (Å²) in [6.07, 6.45) is 1.49. The van der Waals surface area contributed by atoms with Gasteiger partial charge in [0.15, 0.2) is 0 Å². The summed E-state index contributed by atoms with van der Waals surface area (Å²) in [5.74, 6) is 0.0357. The molecule has 0 bridgehead atoms. The van der Waals surface area contributed by atoms with Gasteiger partial charge < -0.3 is 14.5 Å². The Hall–Kier alpha value is -1.56. The predicted octanol–water partition coefficient (Wildman–Crippen LogP) is 3.53. The normalized spacial score (nSPS) is 18.7. The Labute approximate surface area is 142 Å². The first-order chi connectivity index (χ1) is 10.7. The summed E-state index contributed by atoms with van der Waals surface area (Å²) >= 11 is 1.47. The molecule has 0 unspecified atom stereocenters. The lowest BCUT2D eigenvalue weighted by atomic mass is 10.0. The fourth-order valence-corrected chi connectivity index (χ4v) is 3.59. The van der Waals surface area contributed by atoms with Gasteiger partial charge in [0.25, 0.3) is 5.91 Å². The van der Waals surface area contributed by atoms with Crippen molar-refractivity contribution in [2.75, 3.05) is 20.1 Å². The molecule has 1 aromatic rings. The van der Waals surface area contributed by atoms with Crippen LogP contribution >= 0.6 is 11.3 Å². The summed E-state index contributed by atoms with van der Waals surface area (Å²) in [5.41, 5.74) is 0.506. The van der Waals surface area contributed by atoms with Crippen LogP contribution in [0.15, 0.2) is 11.4 Å². The highest BCUT2D eigenvalue weighted by Crippen LogP contribution is 2.22. The lowest BCUT2D eigenvalue weighted by Gasteiger charge is -2.38. The summed E-state index contributed by atoms with van der Waals surface area (Å²) in [6, 6.07) is 1.99. The number of likely N-dealkylation sites (N-methyl/N-ethyl adjacent to an activating group) is 1. The molecule has 128 valence electrons. The number of amides is 2. The monoisotopic (exact) mass is 338 g/mol. The predicted molar refractivity (Wildman–Crippen MR) is 92.0 cm³/mol. The van der Waals surface area contributed by atoms with Crippen LogP contribution in [-0.2, 0) is 4.74 Å². The number of likely N-dealkylation sites (tertiary alicyclic amines) is 1. The molecule has 0 spiro atoms. The van der Waals surface area contributed by atoms with E-state index in [2.05, 4.69) is 0 Å². The van der Waals surface area contributed by atoms with Gasteiger partial charge in [-0.15, -0.1) is 11.3 Å². The maximum absolute atomic E-state index is 12.6. The van der Waals surface area contributed by atoms with Gasteiger partial charge in [-0.25, -0.2) is 4.79 Å². The van der Waals surface area contributed by atoms with Crippen molar-refractivity contribution in [3.05, 3.63) is 21.9 Å². The molecule has 1 saturated heterocycles. The quantitative estimate of drug-likeness (QED) is 0.829. The first kappa shape index (κ1) is 17.8. The van der Waals surface area contributed by atoms with E-state index in [1.165, 1.54) is 11.3 Å². The number of piperidine rings is 1. The van der Waals surface area contributed by atoms with Crippen molar-refractivity contribution in [1.82, 2.24) is 9.80 Å². The van der Waals surface area contributed by atoms with Crippen molar-refractivity contribution >= 4 is 23.3 Å². The van der Waals surface area contributed by atoms with Crippen molar-refractivity contribution in [1.29, 1.82) is 0 Å². The van der Waals surface area contributed by atoms with Crippen LogP contribution in [0.5, 0.6) is 0 Å². The SMILES string of the molecule is Cc1ccsc1C(=O)N(C)[C@H]1CCCN(C(=O)OC(C)(C)C)C1. The van der Waals surface area contributed by atoms with Crippen molar-refractivity contribution in [2.24, 2.45) is 0 Å². The van der Waals surface area contributed by atoms with Gasteiger partial charge in [0.2, 0.25) is 0 Å². The van der Waals surface area contributed by atoms with E-state index in [9.17, 15) is 9.59 Å². The van der Waals surface area contributed by atoms with Crippen LogP contribution in [0.4, 0.5) is 4.79 Å². The maximum atomic E-state index is 12.6. The Balaban J connectivity index is 2.02. The molecule has 23 heavy (non-hydrogen) atoms. The van der Waals surface area contributed by atoms with Crippen LogP contribution in [0, 0.1) is 6.92 Å². The molecule has 1 atom stereocenters. The van der Waals surface area contributed by atoms with E-state index >= 15 is 0 Å². The van der Waals surface area contributed by atoms with Crippen LogP contribution < -0.4 is 0 Å². The first-order valence-electron chi connectivity index (χ1n) is 7.98. The lowest BCUT2D eigenvalue weighted by molar-refractivity contribution is 0.0123. The van der Waals surface area contributed by atoms with E-state index in [1.54, 1.807) is 9.80 Å². The van der Waals surface area contributed by atoms with Crippen molar-refractivity contribution in [3.63, 3.8) is 0 Å². The number of aryl methyl sites for hydroxylation is 1. The number of carbonyl (C=O) groups excluding carboxylic acids is 2. The second-order valence-corrected chi connectivity index (χ2v) is 7.99. The number of carbonyl (C=O) groups is 2. The minimum atomic E-state index is -0.500. The molecular weight excluding hydrogens is 312 g/mol. The topological polar surface area (TPSA) is 49.9 Å².